The van der Waals surface area contributed by atoms with Crippen LogP contribution in [0.4, 0.5) is 0 Å². The van der Waals surface area contributed by atoms with E-state index in [4.69, 9.17) is 8.47 Å². The topological polar surface area (TPSA) is 72.9 Å². The van der Waals surface area contributed by atoms with Gasteiger partial charge in [-0.25, -0.2) is 0 Å². The van der Waals surface area contributed by atoms with Crippen LogP contribution >= 0.6 is 0 Å². The average molecular weight is 347 g/mol. The maximum absolute atomic E-state index is 11.5. The van der Waals surface area contributed by atoms with E-state index in [0.717, 1.165) is 19.3 Å². The SMILES string of the molecule is CCCCCCCCCCCCOS(=O)ON1C(=O)CCC1=O. The van der Waals surface area contributed by atoms with Crippen molar-refractivity contribution >= 4 is 23.2 Å². The molecule has 0 N–H and O–H groups in total. The van der Waals surface area contributed by atoms with Gasteiger partial charge in [-0.15, -0.1) is 9.35 Å². The molecule has 1 heterocycles. The van der Waals surface area contributed by atoms with E-state index >= 15 is 0 Å². The monoisotopic (exact) mass is 347 g/mol. The summed E-state index contributed by atoms with van der Waals surface area (Å²) in [6, 6.07) is 0. The molecule has 0 aromatic carbocycles. The smallest absolute Gasteiger partial charge is 0.272 e. The molecule has 1 fully saturated rings. The van der Waals surface area contributed by atoms with Crippen LogP contribution in [0.5, 0.6) is 0 Å². The zero-order valence-corrected chi connectivity index (χ0v) is 14.9. The van der Waals surface area contributed by atoms with Crippen molar-refractivity contribution in [2.45, 2.75) is 84.0 Å². The Bertz CT molecular complexity index is 373. The van der Waals surface area contributed by atoms with E-state index in [1.165, 1.54) is 44.9 Å². The summed E-state index contributed by atoms with van der Waals surface area (Å²) >= 11 is -2.08. The third-order valence-electron chi connectivity index (χ3n) is 3.82. The number of rotatable bonds is 14. The fraction of sp³-hybridized carbons (Fsp3) is 0.875. The largest absolute Gasteiger partial charge is 0.328 e. The summed E-state index contributed by atoms with van der Waals surface area (Å²) in [5, 5.41) is 0.550. The highest BCUT2D eigenvalue weighted by molar-refractivity contribution is 7.75. The van der Waals surface area contributed by atoms with Crippen LogP contribution in [0.3, 0.4) is 0 Å². The van der Waals surface area contributed by atoms with Crippen molar-refractivity contribution in [3.8, 4) is 0 Å². The zero-order chi connectivity index (χ0) is 16.9. The number of imide groups is 1. The van der Waals surface area contributed by atoms with Crippen LogP contribution in [0, 0.1) is 0 Å². The van der Waals surface area contributed by atoms with Crippen LogP contribution in [0.25, 0.3) is 0 Å². The fourth-order valence-corrected chi connectivity index (χ4v) is 3.02. The molecule has 0 aliphatic carbocycles. The fourth-order valence-electron chi connectivity index (χ4n) is 2.44. The molecule has 1 unspecified atom stereocenters. The standard InChI is InChI=1S/C16H29NO5S/c1-2-3-4-5-6-7-8-9-10-11-14-21-23(20)22-17-15(18)12-13-16(17)19/h2-14H2,1H3. The van der Waals surface area contributed by atoms with Crippen molar-refractivity contribution in [3.63, 3.8) is 0 Å². The number of amides is 2. The van der Waals surface area contributed by atoms with Crippen LogP contribution in [0.15, 0.2) is 0 Å². The molecule has 0 aromatic heterocycles. The highest BCUT2D eigenvalue weighted by atomic mass is 32.2. The van der Waals surface area contributed by atoms with Gasteiger partial charge < -0.3 is 0 Å². The molecule has 134 valence electrons. The van der Waals surface area contributed by atoms with Crippen molar-refractivity contribution in [3.05, 3.63) is 0 Å². The van der Waals surface area contributed by atoms with Gasteiger partial charge in [0, 0.05) is 12.8 Å². The first-order valence-electron chi connectivity index (χ1n) is 8.74. The predicted molar refractivity (Wildman–Crippen MR) is 88.1 cm³/mol. The van der Waals surface area contributed by atoms with E-state index in [2.05, 4.69) is 6.92 Å². The number of unbranched alkanes of at least 4 members (excludes halogenated alkanes) is 9. The van der Waals surface area contributed by atoms with Crippen LogP contribution in [-0.4, -0.2) is 27.7 Å². The number of carbonyl (C=O) groups is 2. The summed E-state index contributed by atoms with van der Waals surface area (Å²) in [6.07, 6.45) is 12.3. The lowest BCUT2D eigenvalue weighted by atomic mass is 10.1. The van der Waals surface area contributed by atoms with Crippen molar-refractivity contribution in [1.82, 2.24) is 5.06 Å². The molecular formula is C16H29NO5S. The van der Waals surface area contributed by atoms with Crippen LogP contribution in [0.2, 0.25) is 0 Å². The van der Waals surface area contributed by atoms with Crippen molar-refractivity contribution in [2.75, 3.05) is 6.61 Å². The maximum Gasteiger partial charge on any atom is 0.328 e. The Morgan fingerprint density at radius 3 is 1.87 bits per heavy atom. The second-order valence-electron chi connectivity index (χ2n) is 5.86. The second-order valence-corrected chi connectivity index (χ2v) is 6.66. The molecule has 1 aliphatic heterocycles. The lowest BCUT2D eigenvalue weighted by Gasteiger charge is -2.10. The first-order valence-corrected chi connectivity index (χ1v) is 9.74. The van der Waals surface area contributed by atoms with Crippen molar-refractivity contribution < 1.29 is 22.3 Å². The van der Waals surface area contributed by atoms with E-state index in [0.29, 0.717) is 11.7 Å². The Morgan fingerprint density at radius 2 is 1.35 bits per heavy atom. The quantitative estimate of drug-likeness (QED) is 0.355. The molecule has 2 amide bonds. The van der Waals surface area contributed by atoms with E-state index in [1.54, 1.807) is 0 Å². The number of hydrogen-bond donors (Lipinski definition) is 0. The van der Waals surface area contributed by atoms with Crippen molar-refractivity contribution in [1.29, 1.82) is 0 Å². The second kappa shape index (κ2) is 12.6. The Labute approximate surface area is 141 Å². The molecule has 7 heteroatoms. The normalized spacial score (nSPS) is 16.3. The van der Waals surface area contributed by atoms with Gasteiger partial charge in [-0.2, -0.15) is 4.21 Å². The third kappa shape index (κ3) is 9.17. The molecule has 0 saturated carbocycles. The number of nitrogens with zero attached hydrogens (tertiary/aromatic N) is 1. The summed E-state index contributed by atoms with van der Waals surface area (Å²) in [5.41, 5.74) is 0. The summed E-state index contributed by atoms with van der Waals surface area (Å²) in [7, 11) is 0. The summed E-state index contributed by atoms with van der Waals surface area (Å²) in [4.78, 5) is 22.5. The predicted octanol–water partition coefficient (Wildman–Crippen LogP) is 3.58. The first kappa shape index (κ1) is 20.3. The lowest BCUT2D eigenvalue weighted by Crippen LogP contribution is -2.30. The van der Waals surface area contributed by atoms with Gasteiger partial charge in [0.25, 0.3) is 11.8 Å². The van der Waals surface area contributed by atoms with Crippen LogP contribution in [0.1, 0.15) is 84.0 Å². The molecule has 0 radical (unpaired) electrons. The van der Waals surface area contributed by atoms with E-state index < -0.39 is 23.2 Å². The molecule has 23 heavy (non-hydrogen) atoms. The Hall–Kier alpha value is -0.790. The molecule has 1 atom stereocenters. The van der Waals surface area contributed by atoms with Gasteiger partial charge in [0.05, 0.1) is 6.61 Å². The van der Waals surface area contributed by atoms with Gasteiger partial charge in [-0.1, -0.05) is 64.7 Å². The summed E-state index contributed by atoms with van der Waals surface area (Å²) in [5.74, 6) is -0.934. The summed E-state index contributed by atoms with van der Waals surface area (Å²) < 4.78 is 21.2. The molecule has 1 aliphatic rings. The van der Waals surface area contributed by atoms with Gasteiger partial charge in [-0.3, -0.25) is 13.8 Å². The maximum atomic E-state index is 11.5. The van der Waals surface area contributed by atoms with Crippen molar-refractivity contribution in [2.24, 2.45) is 0 Å². The highest BCUT2D eigenvalue weighted by Crippen LogP contribution is 2.14. The number of hydrogen-bond acceptors (Lipinski definition) is 5. The Morgan fingerprint density at radius 1 is 0.870 bits per heavy atom. The minimum atomic E-state index is -2.08. The van der Waals surface area contributed by atoms with Crippen LogP contribution < -0.4 is 0 Å². The van der Waals surface area contributed by atoms with E-state index in [-0.39, 0.29) is 12.8 Å². The van der Waals surface area contributed by atoms with Gasteiger partial charge >= 0.3 is 11.4 Å². The minimum absolute atomic E-state index is 0.106. The summed E-state index contributed by atoms with van der Waals surface area (Å²) in [6.45, 7) is 2.53. The lowest BCUT2D eigenvalue weighted by molar-refractivity contribution is -0.164. The third-order valence-corrected chi connectivity index (χ3v) is 4.45. The van der Waals surface area contributed by atoms with Gasteiger partial charge in [0.15, 0.2) is 0 Å². The molecule has 0 aromatic rings. The zero-order valence-electron chi connectivity index (χ0n) is 14.1. The molecule has 6 nitrogen and oxygen atoms in total. The van der Waals surface area contributed by atoms with Gasteiger partial charge in [0.2, 0.25) is 0 Å². The molecular weight excluding hydrogens is 318 g/mol. The number of hydroxylamine groups is 2. The van der Waals surface area contributed by atoms with E-state index in [1.807, 2.05) is 0 Å². The minimum Gasteiger partial charge on any atom is -0.272 e. The van der Waals surface area contributed by atoms with Gasteiger partial charge in [-0.05, 0) is 6.42 Å². The molecule has 1 saturated heterocycles. The van der Waals surface area contributed by atoms with E-state index in [9.17, 15) is 13.8 Å². The van der Waals surface area contributed by atoms with Gasteiger partial charge in [0.1, 0.15) is 0 Å². The Balaban J connectivity index is 1.90. The van der Waals surface area contributed by atoms with Crippen LogP contribution in [-0.2, 0) is 29.4 Å². The molecule has 0 spiro atoms. The molecule has 1 rings (SSSR count). The average Bonchev–Trinajstić information content (AvgIpc) is 2.84. The highest BCUT2D eigenvalue weighted by Gasteiger charge is 2.32. The molecule has 0 bridgehead atoms. The first-order chi connectivity index (χ1) is 11.1. The number of carbonyl (C=O) groups excluding carboxylic acids is 2. The Kier molecular flexibility index (Phi) is 11.1.